The summed E-state index contributed by atoms with van der Waals surface area (Å²) in [5.74, 6) is 2.01. The van der Waals surface area contributed by atoms with Gasteiger partial charge in [0.2, 0.25) is 5.95 Å². The van der Waals surface area contributed by atoms with Gasteiger partial charge in [-0.2, -0.15) is 4.98 Å². The topological polar surface area (TPSA) is 106 Å². The summed E-state index contributed by atoms with van der Waals surface area (Å²) < 4.78 is 23.4. The second-order valence-electron chi connectivity index (χ2n) is 5.95. The maximum Gasteiger partial charge on any atom is 0.229 e. The average Bonchev–Trinajstić information content (AvgIpc) is 2.63. The summed E-state index contributed by atoms with van der Waals surface area (Å²) in [6.45, 7) is 2.34. The van der Waals surface area contributed by atoms with E-state index < -0.39 is 11.3 Å². The van der Waals surface area contributed by atoms with Crippen LogP contribution in [0.5, 0.6) is 0 Å². The number of hydrogen-bond donors (Lipinski definition) is 2. The highest BCUT2D eigenvalue weighted by atomic mass is 32.2. The molecule has 0 spiro atoms. The van der Waals surface area contributed by atoms with Crippen LogP contribution in [0.1, 0.15) is 19.3 Å². The predicted octanol–water partition coefficient (Wildman–Crippen LogP) is 1.61. The molecule has 0 saturated carbocycles. The van der Waals surface area contributed by atoms with Gasteiger partial charge in [0.1, 0.15) is 5.82 Å². The first-order chi connectivity index (χ1) is 12.2. The molecule has 1 fully saturated rings. The molecule has 0 bridgehead atoms. The van der Waals surface area contributed by atoms with Crippen LogP contribution in [0.25, 0.3) is 0 Å². The SMILES string of the molecule is O=S([O-])NCCC1CCN(c2ccnc(Nc3ccncc3)n2)CC1. The van der Waals surface area contributed by atoms with Crippen LogP contribution in [0.3, 0.4) is 0 Å². The number of rotatable bonds is 7. The molecule has 8 nitrogen and oxygen atoms in total. The molecule has 2 N–H and O–H groups in total. The van der Waals surface area contributed by atoms with Crippen molar-refractivity contribution in [1.82, 2.24) is 19.7 Å². The number of nitrogens with zero attached hydrogens (tertiary/aromatic N) is 4. The fourth-order valence-electron chi connectivity index (χ4n) is 2.95. The molecule has 25 heavy (non-hydrogen) atoms. The molecular formula is C16H21N6O2S-. The normalized spacial score (nSPS) is 16.6. The van der Waals surface area contributed by atoms with Crippen molar-refractivity contribution < 1.29 is 8.76 Å². The Hall–Kier alpha value is -2.10. The highest BCUT2D eigenvalue weighted by molar-refractivity contribution is 7.77. The van der Waals surface area contributed by atoms with E-state index in [4.69, 9.17) is 0 Å². The Labute approximate surface area is 149 Å². The van der Waals surface area contributed by atoms with Crippen LogP contribution < -0.4 is 14.9 Å². The molecule has 1 aliphatic heterocycles. The Kier molecular flexibility index (Phi) is 6.26. The average molecular weight is 361 g/mol. The maximum atomic E-state index is 10.5. The first-order valence-electron chi connectivity index (χ1n) is 8.28. The van der Waals surface area contributed by atoms with E-state index in [0.717, 1.165) is 43.9 Å². The first-order valence-corrected chi connectivity index (χ1v) is 9.36. The third-order valence-electron chi connectivity index (χ3n) is 4.29. The van der Waals surface area contributed by atoms with Crippen LogP contribution in [-0.4, -0.2) is 43.3 Å². The van der Waals surface area contributed by atoms with E-state index in [0.29, 0.717) is 18.4 Å². The van der Waals surface area contributed by atoms with Crippen molar-refractivity contribution in [2.75, 3.05) is 29.9 Å². The number of piperidine rings is 1. The van der Waals surface area contributed by atoms with Crippen molar-refractivity contribution in [3.05, 3.63) is 36.8 Å². The van der Waals surface area contributed by atoms with Crippen LogP contribution >= 0.6 is 0 Å². The quantitative estimate of drug-likeness (QED) is 0.722. The Bertz CT molecular complexity index is 694. The van der Waals surface area contributed by atoms with Crippen LogP contribution in [0.4, 0.5) is 17.5 Å². The van der Waals surface area contributed by atoms with Crippen LogP contribution in [0, 0.1) is 5.92 Å². The van der Waals surface area contributed by atoms with Gasteiger partial charge >= 0.3 is 0 Å². The van der Waals surface area contributed by atoms with Crippen molar-refractivity contribution in [3.63, 3.8) is 0 Å². The summed E-state index contributed by atoms with van der Waals surface area (Å²) in [6.07, 6.45) is 8.13. The van der Waals surface area contributed by atoms with Gasteiger partial charge in [0.15, 0.2) is 0 Å². The summed E-state index contributed by atoms with van der Waals surface area (Å²) in [6, 6.07) is 5.65. The molecule has 9 heteroatoms. The zero-order valence-corrected chi connectivity index (χ0v) is 14.6. The van der Waals surface area contributed by atoms with Gasteiger partial charge in [0, 0.05) is 55.2 Å². The van der Waals surface area contributed by atoms with Gasteiger partial charge in [-0.15, -0.1) is 0 Å². The van der Waals surface area contributed by atoms with Gasteiger partial charge in [-0.1, -0.05) is 0 Å². The van der Waals surface area contributed by atoms with Gasteiger partial charge in [-0.3, -0.25) is 9.19 Å². The number of anilines is 3. The number of nitrogens with one attached hydrogen (secondary N) is 2. The summed E-state index contributed by atoms with van der Waals surface area (Å²) >= 11 is -2.16. The number of hydrogen-bond acceptors (Lipinski definition) is 7. The molecule has 1 aliphatic rings. The molecule has 0 aromatic carbocycles. The molecule has 1 unspecified atom stereocenters. The van der Waals surface area contributed by atoms with Crippen LogP contribution in [0.15, 0.2) is 36.8 Å². The molecule has 0 amide bonds. The summed E-state index contributed by atoms with van der Waals surface area (Å²) in [5, 5.41) is 3.18. The predicted molar refractivity (Wildman–Crippen MR) is 96.0 cm³/mol. The third kappa shape index (κ3) is 5.45. The largest absolute Gasteiger partial charge is 0.760 e. The van der Waals surface area contributed by atoms with Crippen molar-refractivity contribution in [3.8, 4) is 0 Å². The summed E-state index contributed by atoms with van der Waals surface area (Å²) in [7, 11) is 0. The summed E-state index contributed by atoms with van der Waals surface area (Å²) in [4.78, 5) is 15.1. The minimum absolute atomic E-state index is 0.508. The van der Waals surface area contributed by atoms with E-state index in [1.807, 2.05) is 18.2 Å². The molecule has 3 heterocycles. The van der Waals surface area contributed by atoms with E-state index in [1.165, 1.54) is 0 Å². The van der Waals surface area contributed by atoms with E-state index in [2.05, 4.69) is 29.9 Å². The smallest absolute Gasteiger partial charge is 0.229 e. The van der Waals surface area contributed by atoms with E-state index in [1.54, 1.807) is 18.6 Å². The molecule has 3 rings (SSSR count). The minimum atomic E-state index is -2.16. The fraction of sp³-hybridized carbons (Fsp3) is 0.438. The molecule has 1 atom stereocenters. The highest BCUT2D eigenvalue weighted by Crippen LogP contribution is 2.24. The molecule has 2 aromatic rings. The lowest BCUT2D eigenvalue weighted by Crippen LogP contribution is -2.35. The zero-order valence-electron chi connectivity index (χ0n) is 13.8. The molecular weight excluding hydrogens is 340 g/mol. The Balaban J connectivity index is 1.53. The van der Waals surface area contributed by atoms with Gasteiger partial charge in [-0.25, -0.2) is 9.71 Å². The third-order valence-corrected chi connectivity index (χ3v) is 4.73. The van der Waals surface area contributed by atoms with Gasteiger partial charge in [0.05, 0.1) is 0 Å². The zero-order chi connectivity index (χ0) is 17.5. The molecule has 2 aromatic heterocycles. The Morgan fingerprint density at radius 2 is 1.96 bits per heavy atom. The maximum absolute atomic E-state index is 10.5. The minimum Gasteiger partial charge on any atom is -0.760 e. The summed E-state index contributed by atoms with van der Waals surface area (Å²) in [5.41, 5.74) is 0.897. The standard InChI is InChI=1S/C16H22N6O2S/c23-25(24)19-10-1-13-5-11-22(12-6-13)15-4-9-18-16(21-15)20-14-2-7-17-8-3-14/h2-4,7-9,13,19H,1,5-6,10-12H2,(H,23,24)(H,17,18,20,21)/p-1. The first kappa shape index (κ1) is 17.7. The second kappa shape index (κ2) is 8.84. The van der Waals surface area contributed by atoms with E-state index in [9.17, 15) is 8.76 Å². The Morgan fingerprint density at radius 3 is 2.68 bits per heavy atom. The fourth-order valence-corrected chi connectivity index (χ4v) is 3.23. The van der Waals surface area contributed by atoms with Crippen molar-refractivity contribution >= 4 is 28.7 Å². The van der Waals surface area contributed by atoms with Crippen molar-refractivity contribution in [1.29, 1.82) is 0 Å². The number of aromatic nitrogens is 3. The second-order valence-corrected chi connectivity index (χ2v) is 6.71. The van der Waals surface area contributed by atoms with Gasteiger partial charge in [0.25, 0.3) is 0 Å². The van der Waals surface area contributed by atoms with Crippen LogP contribution in [-0.2, 0) is 11.3 Å². The highest BCUT2D eigenvalue weighted by Gasteiger charge is 2.20. The van der Waals surface area contributed by atoms with Gasteiger partial charge in [-0.05, 0) is 43.4 Å². The number of pyridine rings is 1. The molecule has 1 saturated heterocycles. The molecule has 0 aliphatic carbocycles. The van der Waals surface area contributed by atoms with Crippen LogP contribution in [0.2, 0.25) is 0 Å². The van der Waals surface area contributed by atoms with Crippen molar-refractivity contribution in [2.45, 2.75) is 19.3 Å². The monoisotopic (exact) mass is 361 g/mol. The lowest BCUT2D eigenvalue weighted by atomic mass is 9.94. The lowest BCUT2D eigenvalue weighted by Gasteiger charge is -2.33. The van der Waals surface area contributed by atoms with E-state index in [-0.39, 0.29) is 0 Å². The Morgan fingerprint density at radius 1 is 1.20 bits per heavy atom. The van der Waals surface area contributed by atoms with Gasteiger partial charge < -0.3 is 14.8 Å². The lowest BCUT2D eigenvalue weighted by molar-refractivity contribution is 0.379. The van der Waals surface area contributed by atoms with Crippen molar-refractivity contribution in [2.24, 2.45) is 5.92 Å². The molecule has 134 valence electrons. The molecule has 0 radical (unpaired) electrons. The van der Waals surface area contributed by atoms with E-state index >= 15 is 0 Å².